The number of carbonyl (C=O) groups is 1. The molecule has 0 spiro atoms. The van der Waals surface area contributed by atoms with E-state index in [9.17, 15) is 18.0 Å². The number of hydrogen-bond donors (Lipinski definition) is 1. The maximum Gasteiger partial charge on any atom is 0.416 e. The smallest absolute Gasteiger partial charge is 0.416 e. The van der Waals surface area contributed by atoms with Gasteiger partial charge in [0.15, 0.2) is 5.16 Å². The Balaban J connectivity index is 1.20. The van der Waals surface area contributed by atoms with Crippen molar-refractivity contribution in [1.82, 2.24) is 15.3 Å². The Bertz CT molecular complexity index is 1470. The van der Waals surface area contributed by atoms with E-state index in [1.165, 1.54) is 23.9 Å². The molecular formula is C30H30F3N5O3S. The van der Waals surface area contributed by atoms with Crippen molar-refractivity contribution < 1.29 is 27.1 Å². The fraction of sp³-hybridized carbons (Fsp3) is 0.300. The van der Waals surface area contributed by atoms with Crippen LogP contribution < -0.4 is 15.1 Å². The first-order valence-corrected chi connectivity index (χ1v) is 14.3. The van der Waals surface area contributed by atoms with Gasteiger partial charge in [-0.3, -0.25) is 4.79 Å². The van der Waals surface area contributed by atoms with Crippen LogP contribution in [0.15, 0.2) is 82.6 Å². The number of nitrogens with one attached hydrogen (secondary N) is 1. The van der Waals surface area contributed by atoms with Gasteiger partial charge in [0.05, 0.1) is 30.7 Å². The predicted molar refractivity (Wildman–Crippen MR) is 154 cm³/mol. The maximum absolute atomic E-state index is 13.2. The first kappa shape index (κ1) is 29.5. The highest BCUT2D eigenvalue weighted by Gasteiger charge is 2.31. The Morgan fingerprint density at radius 2 is 1.76 bits per heavy atom. The van der Waals surface area contributed by atoms with Gasteiger partial charge in [0.25, 0.3) is 5.91 Å². The zero-order chi connectivity index (χ0) is 29.5. The van der Waals surface area contributed by atoms with Crippen LogP contribution in [0, 0.1) is 0 Å². The maximum atomic E-state index is 13.2. The number of hydrogen-bond acceptors (Lipinski definition) is 8. The monoisotopic (exact) mass is 597 g/mol. The molecule has 0 aliphatic carbocycles. The Labute approximate surface area is 245 Å². The predicted octanol–water partition coefficient (Wildman–Crippen LogP) is 5.78. The SMILES string of the molecule is COCc1cc(N2CCN(c3cccc(C(F)(F)F)c3)CC2)nc(SCc2ccc(C(=O)NCc3ccco3)cc2)n1. The molecule has 0 atom stereocenters. The highest BCUT2D eigenvalue weighted by molar-refractivity contribution is 7.98. The van der Waals surface area contributed by atoms with Crippen molar-refractivity contribution in [1.29, 1.82) is 0 Å². The second-order valence-electron chi connectivity index (χ2n) is 9.70. The number of anilines is 2. The van der Waals surface area contributed by atoms with Crippen molar-refractivity contribution in [3.63, 3.8) is 0 Å². The van der Waals surface area contributed by atoms with Crippen molar-refractivity contribution in [3.8, 4) is 0 Å². The highest BCUT2D eigenvalue weighted by Crippen LogP contribution is 2.32. The van der Waals surface area contributed by atoms with Crippen LogP contribution in [-0.4, -0.2) is 49.2 Å². The van der Waals surface area contributed by atoms with Gasteiger partial charge < -0.3 is 24.3 Å². The lowest BCUT2D eigenvalue weighted by molar-refractivity contribution is -0.137. The Morgan fingerprint density at radius 3 is 2.45 bits per heavy atom. The minimum absolute atomic E-state index is 0.181. The van der Waals surface area contributed by atoms with E-state index in [0.717, 1.165) is 23.1 Å². The number of furan rings is 1. The lowest BCUT2D eigenvalue weighted by Crippen LogP contribution is -2.47. The molecule has 0 radical (unpaired) electrons. The van der Waals surface area contributed by atoms with Gasteiger partial charge in [-0.1, -0.05) is 30.0 Å². The summed E-state index contributed by atoms with van der Waals surface area (Å²) in [6.07, 6.45) is -2.81. The average Bonchev–Trinajstić information content (AvgIpc) is 3.53. The zero-order valence-electron chi connectivity index (χ0n) is 22.9. The van der Waals surface area contributed by atoms with Crippen LogP contribution in [0.5, 0.6) is 0 Å². The van der Waals surface area contributed by atoms with Gasteiger partial charge in [-0.05, 0) is 48.0 Å². The normalized spacial score (nSPS) is 13.8. The van der Waals surface area contributed by atoms with Crippen LogP contribution in [0.25, 0.3) is 0 Å². The average molecular weight is 598 g/mol. The van der Waals surface area contributed by atoms with Crippen LogP contribution in [-0.2, 0) is 29.8 Å². The lowest BCUT2D eigenvalue weighted by atomic mass is 10.1. The van der Waals surface area contributed by atoms with E-state index in [2.05, 4.69) is 15.2 Å². The van der Waals surface area contributed by atoms with E-state index < -0.39 is 11.7 Å². The first-order chi connectivity index (χ1) is 20.3. The quantitative estimate of drug-likeness (QED) is 0.182. The number of methoxy groups -OCH3 is 1. The molecule has 2 aromatic carbocycles. The van der Waals surface area contributed by atoms with E-state index in [0.29, 0.717) is 67.3 Å². The van der Waals surface area contributed by atoms with E-state index in [-0.39, 0.29) is 5.91 Å². The molecule has 4 aromatic rings. The second-order valence-corrected chi connectivity index (χ2v) is 10.6. The summed E-state index contributed by atoms with van der Waals surface area (Å²) in [5.41, 5.74) is 2.23. The van der Waals surface area contributed by atoms with E-state index in [1.54, 1.807) is 43.7 Å². The van der Waals surface area contributed by atoms with Crippen LogP contribution >= 0.6 is 11.8 Å². The third kappa shape index (κ3) is 7.62. The molecule has 1 aliphatic heterocycles. The van der Waals surface area contributed by atoms with Crippen molar-refractivity contribution in [2.24, 2.45) is 0 Å². The van der Waals surface area contributed by atoms with Gasteiger partial charge in [0, 0.05) is 56.4 Å². The fourth-order valence-electron chi connectivity index (χ4n) is 4.56. The largest absolute Gasteiger partial charge is 0.467 e. The molecule has 12 heteroatoms. The Kier molecular flexibility index (Phi) is 9.33. The van der Waals surface area contributed by atoms with Crippen LogP contribution in [0.2, 0.25) is 0 Å². The minimum atomic E-state index is -4.37. The molecule has 5 rings (SSSR count). The molecule has 2 aromatic heterocycles. The van der Waals surface area contributed by atoms with Gasteiger partial charge in [-0.25, -0.2) is 9.97 Å². The Hall–Kier alpha value is -4.03. The minimum Gasteiger partial charge on any atom is -0.467 e. The topological polar surface area (TPSA) is 83.7 Å². The number of amides is 1. The van der Waals surface area contributed by atoms with Gasteiger partial charge in [-0.2, -0.15) is 13.2 Å². The number of aromatic nitrogens is 2. The Morgan fingerprint density at radius 1 is 1.00 bits per heavy atom. The number of rotatable bonds is 10. The van der Waals surface area contributed by atoms with Crippen LogP contribution in [0.4, 0.5) is 24.7 Å². The summed E-state index contributed by atoms with van der Waals surface area (Å²) in [4.78, 5) is 25.9. The molecule has 1 aliphatic rings. The second kappa shape index (κ2) is 13.3. The number of ether oxygens (including phenoxy) is 1. The molecule has 1 amide bonds. The summed E-state index contributed by atoms with van der Waals surface area (Å²) in [7, 11) is 1.61. The lowest BCUT2D eigenvalue weighted by Gasteiger charge is -2.37. The van der Waals surface area contributed by atoms with Crippen LogP contribution in [0.1, 0.15) is 32.9 Å². The number of halogens is 3. The molecule has 1 saturated heterocycles. The third-order valence-corrected chi connectivity index (χ3v) is 7.69. The number of carbonyl (C=O) groups excluding carboxylic acids is 1. The molecular weight excluding hydrogens is 567 g/mol. The summed E-state index contributed by atoms with van der Waals surface area (Å²) in [6.45, 7) is 2.99. The van der Waals surface area contributed by atoms with Crippen molar-refractivity contribution >= 4 is 29.2 Å². The number of piperazine rings is 1. The number of thioether (sulfide) groups is 1. The number of benzene rings is 2. The zero-order valence-corrected chi connectivity index (χ0v) is 23.8. The van der Waals surface area contributed by atoms with E-state index >= 15 is 0 Å². The number of nitrogens with zero attached hydrogens (tertiary/aromatic N) is 4. The van der Waals surface area contributed by atoms with Crippen molar-refractivity contribution in [2.45, 2.75) is 30.2 Å². The van der Waals surface area contributed by atoms with Gasteiger partial charge >= 0.3 is 6.18 Å². The molecule has 220 valence electrons. The van der Waals surface area contributed by atoms with E-state index in [4.69, 9.17) is 14.1 Å². The summed E-state index contributed by atoms with van der Waals surface area (Å²) in [5.74, 6) is 1.86. The van der Waals surface area contributed by atoms with Gasteiger partial charge in [-0.15, -0.1) is 0 Å². The molecule has 0 unspecified atom stereocenters. The fourth-order valence-corrected chi connectivity index (χ4v) is 5.39. The van der Waals surface area contributed by atoms with Crippen molar-refractivity contribution in [3.05, 3.63) is 101 Å². The van der Waals surface area contributed by atoms with Crippen molar-refractivity contribution in [2.75, 3.05) is 43.1 Å². The molecule has 1 fully saturated rings. The molecule has 0 bridgehead atoms. The summed E-state index contributed by atoms with van der Waals surface area (Å²) in [5, 5.41) is 3.43. The molecule has 1 N–H and O–H groups in total. The first-order valence-electron chi connectivity index (χ1n) is 13.3. The summed E-state index contributed by atoms with van der Waals surface area (Å²) >= 11 is 1.48. The molecule has 42 heavy (non-hydrogen) atoms. The standard InChI is InChI=1S/C30H30F3N5O3S/c1-40-19-24-17-27(38-13-11-37(12-14-38)25-5-2-4-23(16-25)30(31,32)33)36-29(35-24)42-20-21-7-9-22(10-8-21)28(39)34-18-26-6-3-15-41-26/h2-10,15-17H,11-14,18-20H2,1H3,(H,34,39). The summed E-state index contributed by atoms with van der Waals surface area (Å²) in [6, 6.07) is 18.3. The molecule has 8 nitrogen and oxygen atoms in total. The molecule has 3 heterocycles. The van der Waals surface area contributed by atoms with E-state index in [1.807, 2.05) is 23.1 Å². The summed E-state index contributed by atoms with van der Waals surface area (Å²) < 4.78 is 50.1. The third-order valence-electron chi connectivity index (χ3n) is 6.77. The van der Waals surface area contributed by atoms with Crippen LogP contribution in [0.3, 0.4) is 0 Å². The highest BCUT2D eigenvalue weighted by atomic mass is 32.2. The van der Waals surface area contributed by atoms with Gasteiger partial charge in [0.1, 0.15) is 11.6 Å². The number of alkyl halides is 3. The van der Waals surface area contributed by atoms with Gasteiger partial charge in [0.2, 0.25) is 0 Å². The molecule has 0 saturated carbocycles.